The van der Waals surface area contributed by atoms with E-state index in [1.165, 1.54) is 51.4 Å². The lowest BCUT2D eigenvalue weighted by Crippen LogP contribution is -2.09. The van der Waals surface area contributed by atoms with Gasteiger partial charge in [-0.15, -0.1) is 12.4 Å². The molecule has 0 spiro atoms. The Balaban J connectivity index is 0. The topological polar surface area (TPSA) is 124 Å². The first-order valence-corrected chi connectivity index (χ1v) is 9.74. The Morgan fingerprint density at radius 1 is 0.963 bits per heavy atom. The molecule has 1 aromatic heterocycles. The molecular formula is C19H37ClN6O. The van der Waals surface area contributed by atoms with Crippen molar-refractivity contribution in [2.75, 3.05) is 5.73 Å². The second-order valence-electron chi connectivity index (χ2n) is 6.23. The van der Waals surface area contributed by atoms with Crippen LogP contribution in [0.1, 0.15) is 84.0 Å². The number of amides is 1. The van der Waals surface area contributed by atoms with Crippen molar-refractivity contribution >= 4 is 24.3 Å². The zero-order valence-electron chi connectivity index (χ0n) is 16.6. The van der Waals surface area contributed by atoms with E-state index in [2.05, 4.69) is 51.9 Å². The molecular weight excluding hydrogens is 364 g/mol. The first-order chi connectivity index (χ1) is 12.7. The van der Waals surface area contributed by atoms with E-state index in [0.29, 0.717) is 6.42 Å². The van der Waals surface area contributed by atoms with Crippen molar-refractivity contribution < 1.29 is 4.79 Å². The largest absolute Gasteiger partial charge is 0.370 e. The van der Waals surface area contributed by atoms with Crippen molar-refractivity contribution in [3.05, 3.63) is 24.3 Å². The lowest BCUT2D eigenvalue weighted by atomic mass is 10.1. The van der Waals surface area contributed by atoms with Gasteiger partial charge in [0.25, 0.3) is 0 Å². The second-order valence-corrected chi connectivity index (χ2v) is 6.23. The van der Waals surface area contributed by atoms with Crippen LogP contribution in [0.2, 0.25) is 0 Å². The minimum absolute atomic E-state index is 0. The number of unbranched alkanes of at least 4 members (excludes halogenated alkanes) is 8. The molecule has 0 aliphatic heterocycles. The lowest BCUT2D eigenvalue weighted by Gasteiger charge is -1.98. The molecule has 0 radical (unpaired) electrons. The predicted octanol–water partition coefficient (Wildman–Crippen LogP) is 4.49. The minimum atomic E-state index is -0.171. The Morgan fingerprint density at radius 3 is 2.04 bits per heavy atom. The van der Waals surface area contributed by atoms with E-state index in [-0.39, 0.29) is 24.3 Å². The summed E-state index contributed by atoms with van der Waals surface area (Å²) in [5, 5.41) is 11.9. The smallest absolute Gasteiger partial charge is 0.237 e. The zero-order valence-corrected chi connectivity index (χ0v) is 17.4. The second kappa shape index (κ2) is 22.2. The van der Waals surface area contributed by atoms with Crippen LogP contribution >= 0.6 is 12.4 Å². The summed E-state index contributed by atoms with van der Waals surface area (Å²) in [5.74, 6) is 0.0747. The molecule has 5 N–H and O–H groups in total. The third kappa shape index (κ3) is 24.1. The van der Waals surface area contributed by atoms with Crippen LogP contribution in [0, 0.1) is 0 Å². The number of primary amides is 1. The average molecular weight is 401 g/mol. The van der Waals surface area contributed by atoms with Crippen molar-refractivity contribution in [2.24, 2.45) is 5.73 Å². The van der Waals surface area contributed by atoms with Gasteiger partial charge in [0.15, 0.2) is 0 Å². The molecule has 7 nitrogen and oxygen atoms in total. The number of hydrogen-bond donors (Lipinski definition) is 3. The molecule has 1 heterocycles. The molecule has 8 heteroatoms. The molecule has 0 atom stereocenters. The fourth-order valence-corrected chi connectivity index (χ4v) is 2.28. The van der Waals surface area contributed by atoms with Crippen LogP contribution in [-0.2, 0) is 4.79 Å². The Bertz CT molecular complexity index is 477. The quantitative estimate of drug-likeness (QED) is 0.313. The number of nitrogens with zero attached hydrogens (tertiary/aromatic N) is 3. The summed E-state index contributed by atoms with van der Waals surface area (Å²) in [5.41, 5.74) is 10.1. The van der Waals surface area contributed by atoms with Crippen molar-refractivity contribution in [1.29, 1.82) is 0 Å². The molecule has 1 rings (SSSR count). The van der Waals surface area contributed by atoms with Gasteiger partial charge in [0.2, 0.25) is 11.9 Å². The summed E-state index contributed by atoms with van der Waals surface area (Å²) < 4.78 is 0. The summed E-state index contributed by atoms with van der Waals surface area (Å²) in [7, 11) is 0. The van der Waals surface area contributed by atoms with Gasteiger partial charge in [-0.05, 0) is 49.0 Å². The monoisotopic (exact) mass is 400 g/mol. The number of aromatic nitrogens is 4. The Hall–Kier alpha value is -1.89. The molecule has 156 valence electrons. The molecule has 27 heavy (non-hydrogen) atoms. The summed E-state index contributed by atoms with van der Waals surface area (Å²) in [6.07, 6.45) is 23.0. The van der Waals surface area contributed by atoms with E-state index in [9.17, 15) is 4.79 Å². The van der Waals surface area contributed by atoms with Crippen LogP contribution in [0.15, 0.2) is 24.3 Å². The maximum absolute atomic E-state index is 10.5. The van der Waals surface area contributed by atoms with Gasteiger partial charge < -0.3 is 11.5 Å². The molecule has 0 fully saturated rings. The zero-order chi connectivity index (χ0) is 19.3. The van der Waals surface area contributed by atoms with E-state index < -0.39 is 0 Å². The number of tetrazole rings is 1. The Labute approximate surface area is 169 Å². The molecule has 0 aromatic carbocycles. The van der Waals surface area contributed by atoms with E-state index >= 15 is 0 Å². The van der Waals surface area contributed by atoms with Crippen molar-refractivity contribution in [3.63, 3.8) is 0 Å². The molecule has 0 saturated carbocycles. The van der Waals surface area contributed by atoms with E-state index in [0.717, 1.165) is 19.3 Å². The van der Waals surface area contributed by atoms with Gasteiger partial charge in [0, 0.05) is 6.42 Å². The number of halogens is 1. The highest BCUT2D eigenvalue weighted by Gasteiger charge is 1.94. The number of nitrogens with one attached hydrogen (secondary N) is 1. The molecule has 1 amide bonds. The number of carbonyl (C=O) groups is 1. The van der Waals surface area contributed by atoms with Crippen LogP contribution in [0.5, 0.6) is 0 Å². The highest BCUT2D eigenvalue weighted by atomic mass is 35.5. The Kier molecular flexibility index (Phi) is 22.4. The van der Waals surface area contributed by atoms with Gasteiger partial charge in [0.1, 0.15) is 0 Å². The van der Waals surface area contributed by atoms with Gasteiger partial charge >= 0.3 is 0 Å². The highest BCUT2D eigenvalue weighted by Crippen LogP contribution is 2.07. The number of aromatic amines is 1. The van der Waals surface area contributed by atoms with Crippen molar-refractivity contribution in [2.45, 2.75) is 84.0 Å². The van der Waals surface area contributed by atoms with Crippen LogP contribution in [0.3, 0.4) is 0 Å². The molecule has 0 saturated heterocycles. The summed E-state index contributed by atoms with van der Waals surface area (Å²) >= 11 is 0. The molecule has 0 bridgehead atoms. The molecule has 1 aromatic rings. The first kappa shape index (κ1) is 27.3. The van der Waals surface area contributed by atoms with Gasteiger partial charge in [0.05, 0.1) is 0 Å². The number of rotatable bonds is 14. The van der Waals surface area contributed by atoms with Crippen LogP contribution in [-0.4, -0.2) is 26.5 Å². The molecule has 0 aliphatic rings. The fourth-order valence-electron chi connectivity index (χ4n) is 2.28. The fraction of sp³-hybridized carbons (Fsp3) is 0.684. The van der Waals surface area contributed by atoms with Gasteiger partial charge in [-0.25, -0.2) is 5.10 Å². The standard InChI is InChI=1S/C18H33NO.CH3N5.ClH/c1-2-3-4-5-6-7-8-9-10-11-12-13-14-15-16-17-18(19)20;2-1-3-5-6-4-1;/h6-7,9-10H,2-5,8,11-17H2,1H3,(H2,19,20);(H3,2,3,4,5,6);1H/b7-6-,10-9-;;. The number of H-pyrrole nitrogens is 1. The normalized spacial score (nSPS) is 10.6. The molecule has 0 aliphatic carbocycles. The van der Waals surface area contributed by atoms with Crippen molar-refractivity contribution in [1.82, 2.24) is 20.6 Å². The number of nitrogen functional groups attached to an aromatic ring is 1. The molecule has 0 unspecified atom stereocenters. The number of allylic oxidation sites excluding steroid dienone is 4. The lowest BCUT2D eigenvalue weighted by molar-refractivity contribution is -0.118. The van der Waals surface area contributed by atoms with Crippen molar-refractivity contribution in [3.8, 4) is 0 Å². The van der Waals surface area contributed by atoms with E-state index in [1.807, 2.05) is 0 Å². The number of anilines is 1. The summed E-state index contributed by atoms with van der Waals surface area (Å²) in [6.45, 7) is 2.24. The van der Waals surface area contributed by atoms with Crippen LogP contribution < -0.4 is 11.5 Å². The predicted molar refractivity (Wildman–Crippen MR) is 114 cm³/mol. The van der Waals surface area contributed by atoms with E-state index in [1.54, 1.807) is 0 Å². The Morgan fingerprint density at radius 2 is 1.56 bits per heavy atom. The average Bonchev–Trinajstić information content (AvgIpc) is 3.09. The summed E-state index contributed by atoms with van der Waals surface area (Å²) in [6, 6.07) is 0. The van der Waals surface area contributed by atoms with E-state index in [4.69, 9.17) is 11.5 Å². The highest BCUT2D eigenvalue weighted by molar-refractivity contribution is 5.85. The number of nitrogens with two attached hydrogens (primary N) is 2. The minimum Gasteiger partial charge on any atom is -0.370 e. The van der Waals surface area contributed by atoms with Gasteiger partial charge in [-0.1, -0.05) is 68.4 Å². The number of hydrogen-bond acceptors (Lipinski definition) is 5. The maximum Gasteiger partial charge on any atom is 0.237 e. The maximum atomic E-state index is 10.5. The van der Waals surface area contributed by atoms with Crippen LogP contribution in [0.4, 0.5) is 5.95 Å². The van der Waals surface area contributed by atoms with Gasteiger partial charge in [-0.3, -0.25) is 4.79 Å². The van der Waals surface area contributed by atoms with Gasteiger partial charge in [-0.2, -0.15) is 0 Å². The summed E-state index contributed by atoms with van der Waals surface area (Å²) in [4.78, 5) is 10.5. The number of carbonyl (C=O) groups excluding carboxylic acids is 1. The van der Waals surface area contributed by atoms with Crippen LogP contribution in [0.25, 0.3) is 0 Å². The SMILES string of the molecule is CCCCC/C=C\C/C=C\CCCCCCCC(N)=O.Cl.Nc1nnn[nH]1. The first-order valence-electron chi connectivity index (χ1n) is 9.74. The third-order valence-electron chi connectivity index (χ3n) is 3.74. The third-order valence-corrected chi connectivity index (χ3v) is 3.74.